The molecule has 4 aliphatic rings. The highest BCUT2D eigenvalue weighted by molar-refractivity contribution is 6.00. The van der Waals surface area contributed by atoms with Gasteiger partial charge in [-0.15, -0.1) is 0 Å². The average molecular weight is 729 g/mol. The fourth-order valence-corrected chi connectivity index (χ4v) is 8.61. The number of nitrogens with zero attached hydrogens (tertiary/aromatic N) is 7. The van der Waals surface area contributed by atoms with Crippen LogP contribution in [-0.2, 0) is 23.1 Å². The number of anilines is 2. The van der Waals surface area contributed by atoms with Gasteiger partial charge >= 0.3 is 5.69 Å². The fourth-order valence-electron chi connectivity index (χ4n) is 8.61. The molecule has 278 valence electrons. The Kier molecular flexibility index (Phi) is 8.76. The van der Waals surface area contributed by atoms with Gasteiger partial charge < -0.3 is 20.1 Å². The van der Waals surface area contributed by atoms with Gasteiger partial charge in [-0.25, -0.2) is 9.78 Å². The summed E-state index contributed by atoms with van der Waals surface area (Å²) in [5, 5.41) is 5.29. The van der Waals surface area contributed by atoms with Crippen molar-refractivity contribution >= 4 is 40.3 Å². The Morgan fingerprint density at radius 3 is 2.39 bits per heavy atom. The van der Waals surface area contributed by atoms with Crippen molar-refractivity contribution in [1.29, 1.82) is 0 Å². The summed E-state index contributed by atoms with van der Waals surface area (Å²) in [6, 6.07) is 15.5. The molecule has 0 aliphatic carbocycles. The molecule has 1 aromatic carbocycles. The van der Waals surface area contributed by atoms with Crippen LogP contribution in [-0.4, -0.2) is 99.1 Å². The number of aryl methyl sites for hydroxylation is 1. The lowest BCUT2D eigenvalue weighted by molar-refractivity contribution is -0.135. The maximum atomic E-state index is 13.2. The van der Waals surface area contributed by atoms with E-state index in [0.29, 0.717) is 24.4 Å². The Balaban J connectivity index is 0.777. The fraction of sp³-hybridized carbons (Fsp3) is 0.400. The number of imidazole rings is 1. The van der Waals surface area contributed by atoms with E-state index in [4.69, 9.17) is 4.98 Å². The third kappa shape index (κ3) is 6.33. The standard InChI is InChI=1S/C40H44N10O4/c1-46-35-21-28(3-4-33(35)50(40(46)54)34-5-7-37(51)45-39(34)53)48-14-10-25(11-15-48)24-47-16-18-49(19-17-47)36-6-2-27(23-43-36)31-20-26(8-12-41-31)32-22-29-30(44-32)9-13-42-38(29)52/h2-4,6,8,12,20-23,25,34,44H,5,7,9-11,13-19,24H2,1H3,(H,42,52)(H,45,51,53). The Bertz CT molecular complexity index is 2310. The van der Waals surface area contributed by atoms with Crippen molar-refractivity contribution in [3.8, 4) is 22.5 Å². The van der Waals surface area contributed by atoms with Gasteiger partial charge in [0.1, 0.15) is 11.9 Å². The first kappa shape index (κ1) is 34.0. The second-order valence-corrected chi connectivity index (χ2v) is 15.0. The van der Waals surface area contributed by atoms with E-state index in [1.807, 2.05) is 30.5 Å². The van der Waals surface area contributed by atoms with Gasteiger partial charge in [-0.3, -0.25) is 38.7 Å². The minimum atomic E-state index is -0.680. The molecule has 3 N–H and O–H groups in total. The molecule has 0 radical (unpaired) electrons. The number of imide groups is 1. The van der Waals surface area contributed by atoms with Gasteiger partial charge in [0.2, 0.25) is 11.8 Å². The lowest BCUT2D eigenvalue weighted by Gasteiger charge is -2.39. The molecule has 14 nitrogen and oxygen atoms in total. The molecule has 5 aromatic rings. The van der Waals surface area contributed by atoms with Crippen LogP contribution in [0.2, 0.25) is 0 Å². The van der Waals surface area contributed by atoms with E-state index in [9.17, 15) is 19.2 Å². The first-order valence-corrected chi connectivity index (χ1v) is 19.0. The van der Waals surface area contributed by atoms with Gasteiger partial charge in [0.25, 0.3) is 5.91 Å². The van der Waals surface area contributed by atoms with Crippen LogP contribution in [0.3, 0.4) is 0 Å². The van der Waals surface area contributed by atoms with E-state index in [1.54, 1.807) is 17.8 Å². The Morgan fingerprint density at radius 1 is 0.796 bits per heavy atom. The van der Waals surface area contributed by atoms with Crippen molar-refractivity contribution in [2.24, 2.45) is 13.0 Å². The highest BCUT2D eigenvalue weighted by Gasteiger charge is 2.32. The molecule has 3 amide bonds. The summed E-state index contributed by atoms with van der Waals surface area (Å²) >= 11 is 0. The summed E-state index contributed by atoms with van der Waals surface area (Å²) in [4.78, 5) is 69.9. The number of fused-ring (bicyclic) bond motifs is 2. The Morgan fingerprint density at radius 2 is 1.63 bits per heavy atom. The van der Waals surface area contributed by atoms with Crippen LogP contribution in [0.15, 0.2) is 65.7 Å². The molecule has 1 atom stereocenters. The van der Waals surface area contributed by atoms with Crippen molar-refractivity contribution in [3.63, 3.8) is 0 Å². The van der Waals surface area contributed by atoms with Gasteiger partial charge in [-0.1, -0.05) is 0 Å². The quantitative estimate of drug-likeness (QED) is 0.215. The minimum absolute atomic E-state index is 0.0278. The average Bonchev–Trinajstić information content (AvgIpc) is 3.75. The summed E-state index contributed by atoms with van der Waals surface area (Å²) in [5.74, 6) is 0.872. The number of carbonyl (C=O) groups is 3. The van der Waals surface area contributed by atoms with Crippen molar-refractivity contribution in [3.05, 3.63) is 82.7 Å². The maximum absolute atomic E-state index is 13.2. The van der Waals surface area contributed by atoms with E-state index in [1.165, 1.54) is 4.57 Å². The summed E-state index contributed by atoms with van der Waals surface area (Å²) in [7, 11) is 1.74. The summed E-state index contributed by atoms with van der Waals surface area (Å²) in [6.45, 7) is 7.52. The molecule has 3 fully saturated rings. The highest BCUT2D eigenvalue weighted by Crippen LogP contribution is 2.31. The Hall–Kier alpha value is -5.76. The summed E-state index contributed by atoms with van der Waals surface area (Å²) in [6.07, 6.45) is 7.27. The number of pyridine rings is 2. The SMILES string of the molecule is Cn1c(=O)n(C2CCC(=O)NC2=O)c2ccc(N3CCC(CN4CCN(c5ccc(-c6cc(-c7cc8c([nH]7)CCNC8=O)ccn6)cn5)CC4)CC3)cc21. The van der Waals surface area contributed by atoms with E-state index >= 15 is 0 Å². The zero-order chi connectivity index (χ0) is 36.9. The summed E-state index contributed by atoms with van der Waals surface area (Å²) < 4.78 is 3.14. The van der Waals surface area contributed by atoms with Gasteiger partial charge in [0.15, 0.2) is 0 Å². The van der Waals surface area contributed by atoms with Crippen molar-refractivity contribution < 1.29 is 14.4 Å². The molecule has 8 heterocycles. The highest BCUT2D eigenvalue weighted by atomic mass is 16.2. The third-order valence-electron chi connectivity index (χ3n) is 11.7. The Labute approximate surface area is 312 Å². The van der Waals surface area contributed by atoms with Crippen LogP contribution in [0.5, 0.6) is 0 Å². The van der Waals surface area contributed by atoms with Crippen LogP contribution >= 0.6 is 0 Å². The number of hydrogen-bond acceptors (Lipinski definition) is 9. The van der Waals surface area contributed by atoms with Crippen molar-refractivity contribution in [2.45, 2.75) is 38.1 Å². The molecule has 0 bridgehead atoms. The van der Waals surface area contributed by atoms with Crippen molar-refractivity contribution in [2.75, 3.05) is 62.2 Å². The maximum Gasteiger partial charge on any atom is 0.329 e. The van der Waals surface area contributed by atoms with E-state index in [2.05, 4.69) is 59.6 Å². The number of piperazine rings is 1. The number of aromatic nitrogens is 5. The first-order valence-electron chi connectivity index (χ1n) is 19.0. The number of carbonyl (C=O) groups excluding carboxylic acids is 3. The minimum Gasteiger partial charge on any atom is -0.371 e. The first-order chi connectivity index (χ1) is 26.3. The zero-order valence-corrected chi connectivity index (χ0v) is 30.4. The molecule has 9 rings (SSSR count). The monoisotopic (exact) mass is 728 g/mol. The number of H-pyrrole nitrogens is 1. The molecule has 0 spiro atoms. The molecule has 54 heavy (non-hydrogen) atoms. The van der Waals surface area contributed by atoms with E-state index in [-0.39, 0.29) is 23.9 Å². The van der Waals surface area contributed by atoms with Gasteiger partial charge in [0, 0.05) is 113 Å². The van der Waals surface area contributed by atoms with Crippen LogP contribution in [0.1, 0.15) is 47.8 Å². The van der Waals surface area contributed by atoms with Crippen LogP contribution < -0.4 is 26.1 Å². The molecular formula is C40H44N10O4. The topological polar surface area (TPSA) is 153 Å². The number of amides is 3. The van der Waals surface area contributed by atoms with Crippen LogP contribution in [0.4, 0.5) is 11.5 Å². The molecule has 4 aliphatic heterocycles. The smallest absolute Gasteiger partial charge is 0.329 e. The molecular weight excluding hydrogens is 685 g/mol. The predicted molar refractivity (Wildman–Crippen MR) is 205 cm³/mol. The zero-order valence-electron chi connectivity index (χ0n) is 30.4. The second kappa shape index (κ2) is 13.9. The number of aromatic amines is 1. The number of nitrogens with one attached hydrogen (secondary N) is 3. The number of hydrogen-bond donors (Lipinski definition) is 3. The molecule has 0 saturated carbocycles. The third-order valence-corrected chi connectivity index (χ3v) is 11.7. The lowest BCUT2D eigenvalue weighted by atomic mass is 9.95. The normalized spacial score (nSPS) is 19.9. The van der Waals surface area contributed by atoms with Gasteiger partial charge in [-0.05, 0) is 73.7 Å². The van der Waals surface area contributed by atoms with Gasteiger partial charge in [0.05, 0.1) is 22.3 Å². The molecule has 1 unspecified atom stereocenters. The molecule has 4 aromatic heterocycles. The van der Waals surface area contributed by atoms with E-state index in [0.717, 1.165) is 116 Å². The number of piperidine rings is 2. The summed E-state index contributed by atoms with van der Waals surface area (Å²) in [5.41, 5.74) is 7.75. The number of benzene rings is 1. The van der Waals surface area contributed by atoms with Gasteiger partial charge in [-0.2, -0.15) is 0 Å². The predicted octanol–water partition coefficient (Wildman–Crippen LogP) is 3.09. The van der Waals surface area contributed by atoms with Crippen molar-refractivity contribution in [1.82, 2.24) is 39.6 Å². The van der Waals surface area contributed by atoms with Crippen LogP contribution in [0, 0.1) is 5.92 Å². The largest absolute Gasteiger partial charge is 0.371 e. The van der Waals surface area contributed by atoms with E-state index < -0.39 is 11.9 Å². The van der Waals surface area contributed by atoms with Crippen LogP contribution in [0.25, 0.3) is 33.5 Å². The molecule has 3 saturated heterocycles. The molecule has 14 heteroatoms. The number of rotatable bonds is 7. The second-order valence-electron chi connectivity index (χ2n) is 15.0. The lowest BCUT2D eigenvalue weighted by Crippen LogP contribution is -2.49.